The van der Waals surface area contributed by atoms with Crippen molar-refractivity contribution in [3.63, 3.8) is 0 Å². The fourth-order valence-corrected chi connectivity index (χ4v) is 3.10. The Morgan fingerprint density at radius 3 is 2.77 bits per heavy atom. The number of pyridine rings is 2. The van der Waals surface area contributed by atoms with E-state index in [1.807, 2.05) is 29.6 Å². The maximum atomic E-state index is 12.4. The molecule has 0 spiro atoms. The van der Waals surface area contributed by atoms with Gasteiger partial charge in [0.2, 0.25) is 5.88 Å². The topological polar surface area (TPSA) is 64.1 Å². The van der Waals surface area contributed by atoms with Gasteiger partial charge < -0.3 is 10.1 Å². The van der Waals surface area contributed by atoms with Crippen LogP contribution in [-0.2, 0) is 6.54 Å². The highest BCUT2D eigenvalue weighted by Crippen LogP contribution is 2.25. The smallest absolute Gasteiger partial charge is 0.253 e. The van der Waals surface area contributed by atoms with Gasteiger partial charge in [0.05, 0.1) is 22.7 Å². The molecule has 0 aliphatic carbocycles. The summed E-state index contributed by atoms with van der Waals surface area (Å²) in [4.78, 5) is 22.1. The molecule has 0 atom stereocenters. The SMILES string of the molecule is CC(C)COc1ccc(C(=O)NCc2cccnc2-c2cccs2)cn1. The molecule has 134 valence electrons. The van der Waals surface area contributed by atoms with Crippen LogP contribution in [0.3, 0.4) is 0 Å². The number of carbonyl (C=O) groups is 1. The Kier molecular flexibility index (Phi) is 5.96. The fourth-order valence-electron chi connectivity index (χ4n) is 2.35. The van der Waals surface area contributed by atoms with Crippen molar-refractivity contribution < 1.29 is 9.53 Å². The van der Waals surface area contributed by atoms with Crippen LogP contribution in [0.4, 0.5) is 0 Å². The van der Waals surface area contributed by atoms with Gasteiger partial charge in [0.25, 0.3) is 5.91 Å². The molecule has 1 amide bonds. The summed E-state index contributed by atoms with van der Waals surface area (Å²) < 4.78 is 5.54. The molecule has 0 saturated heterocycles. The Bertz CT molecular complexity index is 846. The summed E-state index contributed by atoms with van der Waals surface area (Å²) in [7, 11) is 0. The number of hydrogen-bond donors (Lipinski definition) is 1. The van der Waals surface area contributed by atoms with Gasteiger partial charge in [-0.2, -0.15) is 0 Å². The number of ether oxygens (including phenoxy) is 1. The van der Waals surface area contributed by atoms with Crippen LogP contribution in [0.2, 0.25) is 0 Å². The van der Waals surface area contributed by atoms with Gasteiger partial charge in [-0.25, -0.2) is 4.98 Å². The number of thiophene rings is 1. The van der Waals surface area contributed by atoms with E-state index in [4.69, 9.17) is 4.74 Å². The average Bonchev–Trinajstić information content (AvgIpc) is 3.19. The normalized spacial score (nSPS) is 10.7. The van der Waals surface area contributed by atoms with Crippen molar-refractivity contribution in [2.24, 2.45) is 5.92 Å². The first kappa shape index (κ1) is 18.1. The molecule has 6 heteroatoms. The number of nitrogens with zero attached hydrogens (tertiary/aromatic N) is 2. The van der Waals surface area contributed by atoms with Gasteiger partial charge in [-0.15, -0.1) is 11.3 Å². The molecule has 3 aromatic heterocycles. The summed E-state index contributed by atoms with van der Waals surface area (Å²) in [5, 5.41) is 4.95. The van der Waals surface area contributed by atoms with Crippen LogP contribution in [0.1, 0.15) is 29.8 Å². The fraction of sp³-hybridized carbons (Fsp3) is 0.250. The Hall–Kier alpha value is -2.73. The van der Waals surface area contributed by atoms with Gasteiger partial charge in [0.15, 0.2) is 0 Å². The third-order valence-corrected chi connectivity index (χ3v) is 4.52. The first-order chi connectivity index (χ1) is 12.6. The van der Waals surface area contributed by atoms with E-state index in [-0.39, 0.29) is 5.91 Å². The summed E-state index contributed by atoms with van der Waals surface area (Å²) in [5.74, 6) is 0.785. The van der Waals surface area contributed by atoms with E-state index >= 15 is 0 Å². The Labute approximate surface area is 157 Å². The molecular formula is C20H21N3O2S. The molecule has 0 saturated carbocycles. The number of amides is 1. The predicted octanol–water partition coefficient (Wildman–Crippen LogP) is 4.17. The van der Waals surface area contributed by atoms with Crippen molar-refractivity contribution >= 4 is 17.2 Å². The second kappa shape index (κ2) is 8.58. The third kappa shape index (κ3) is 4.67. The second-order valence-corrected chi connectivity index (χ2v) is 7.21. The van der Waals surface area contributed by atoms with E-state index in [9.17, 15) is 4.79 Å². The monoisotopic (exact) mass is 367 g/mol. The van der Waals surface area contributed by atoms with E-state index in [1.165, 1.54) is 6.20 Å². The lowest BCUT2D eigenvalue weighted by atomic mass is 10.1. The van der Waals surface area contributed by atoms with E-state index in [0.717, 1.165) is 16.1 Å². The molecule has 5 nitrogen and oxygen atoms in total. The first-order valence-corrected chi connectivity index (χ1v) is 9.36. The van der Waals surface area contributed by atoms with Gasteiger partial charge in [-0.1, -0.05) is 26.0 Å². The second-order valence-electron chi connectivity index (χ2n) is 6.26. The number of carbonyl (C=O) groups excluding carboxylic acids is 1. The number of rotatable bonds is 7. The van der Waals surface area contributed by atoms with Crippen LogP contribution < -0.4 is 10.1 Å². The molecule has 0 fully saturated rings. The van der Waals surface area contributed by atoms with Gasteiger partial charge in [0, 0.05) is 25.0 Å². The molecule has 0 radical (unpaired) electrons. The minimum atomic E-state index is -0.172. The maximum absolute atomic E-state index is 12.4. The lowest BCUT2D eigenvalue weighted by Gasteiger charge is -2.10. The highest BCUT2D eigenvalue weighted by atomic mass is 32.1. The summed E-state index contributed by atoms with van der Waals surface area (Å²) in [6, 6.07) is 11.3. The van der Waals surface area contributed by atoms with Crippen LogP contribution in [0.15, 0.2) is 54.2 Å². The Balaban J connectivity index is 1.63. The molecule has 0 aliphatic rings. The van der Waals surface area contributed by atoms with E-state index in [1.54, 1.807) is 29.7 Å². The molecule has 0 unspecified atom stereocenters. The minimum absolute atomic E-state index is 0.172. The van der Waals surface area contributed by atoms with E-state index in [2.05, 4.69) is 29.1 Å². The standard InChI is InChI=1S/C20H21N3O2S/c1-14(2)13-25-18-8-7-16(12-22-18)20(24)23-11-15-5-3-9-21-19(15)17-6-4-10-26-17/h3-10,12,14H,11,13H2,1-2H3,(H,23,24). The largest absolute Gasteiger partial charge is 0.477 e. The zero-order chi connectivity index (χ0) is 18.4. The molecule has 3 rings (SSSR count). The van der Waals surface area contributed by atoms with Crippen LogP contribution in [-0.4, -0.2) is 22.5 Å². The van der Waals surface area contributed by atoms with Crippen molar-refractivity contribution in [3.8, 4) is 16.5 Å². The first-order valence-electron chi connectivity index (χ1n) is 8.48. The Morgan fingerprint density at radius 1 is 1.19 bits per heavy atom. The summed E-state index contributed by atoms with van der Waals surface area (Å²) in [6.45, 7) is 5.16. The summed E-state index contributed by atoms with van der Waals surface area (Å²) in [6.07, 6.45) is 3.30. The van der Waals surface area contributed by atoms with Crippen molar-refractivity contribution in [3.05, 3.63) is 65.3 Å². The lowest BCUT2D eigenvalue weighted by Crippen LogP contribution is -2.23. The van der Waals surface area contributed by atoms with Gasteiger partial charge in [-0.05, 0) is 35.1 Å². The van der Waals surface area contributed by atoms with Crippen molar-refractivity contribution in [2.75, 3.05) is 6.61 Å². The maximum Gasteiger partial charge on any atom is 0.253 e. The van der Waals surface area contributed by atoms with Crippen LogP contribution in [0, 0.1) is 5.92 Å². The van der Waals surface area contributed by atoms with Crippen molar-refractivity contribution in [2.45, 2.75) is 20.4 Å². The molecule has 0 aliphatic heterocycles. The van der Waals surface area contributed by atoms with E-state index in [0.29, 0.717) is 30.5 Å². The van der Waals surface area contributed by atoms with E-state index < -0.39 is 0 Å². The highest BCUT2D eigenvalue weighted by molar-refractivity contribution is 7.13. The highest BCUT2D eigenvalue weighted by Gasteiger charge is 2.11. The number of aromatic nitrogens is 2. The quantitative estimate of drug-likeness (QED) is 0.681. The zero-order valence-electron chi connectivity index (χ0n) is 14.8. The van der Waals surface area contributed by atoms with Crippen molar-refractivity contribution in [1.82, 2.24) is 15.3 Å². The average molecular weight is 367 g/mol. The summed E-state index contributed by atoms with van der Waals surface area (Å²) in [5.41, 5.74) is 2.38. The number of hydrogen-bond acceptors (Lipinski definition) is 5. The van der Waals surface area contributed by atoms with Gasteiger partial charge in [-0.3, -0.25) is 9.78 Å². The van der Waals surface area contributed by atoms with Gasteiger partial charge in [0.1, 0.15) is 0 Å². The number of nitrogens with one attached hydrogen (secondary N) is 1. The molecule has 3 heterocycles. The van der Waals surface area contributed by atoms with Crippen LogP contribution >= 0.6 is 11.3 Å². The molecule has 3 aromatic rings. The van der Waals surface area contributed by atoms with Crippen LogP contribution in [0.25, 0.3) is 10.6 Å². The predicted molar refractivity (Wildman–Crippen MR) is 103 cm³/mol. The minimum Gasteiger partial charge on any atom is -0.477 e. The molecule has 0 bridgehead atoms. The molecular weight excluding hydrogens is 346 g/mol. The molecule has 26 heavy (non-hydrogen) atoms. The summed E-state index contributed by atoms with van der Waals surface area (Å²) >= 11 is 1.63. The van der Waals surface area contributed by atoms with Gasteiger partial charge >= 0.3 is 0 Å². The van der Waals surface area contributed by atoms with Crippen LogP contribution in [0.5, 0.6) is 5.88 Å². The molecule has 1 N–H and O–H groups in total. The lowest BCUT2D eigenvalue weighted by molar-refractivity contribution is 0.0950. The Morgan fingerprint density at radius 2 is 2.08 bits per heavy atom. The molecule has 0 aromatic carbocycles. The zero-order valence-corrected chi connectivity index (χ0v) is 15.6. The van der Waals surface area contributed by atoms with Crippen molar-refractivity contribution in [1.29, 1.82) is 0 Å². The third-order valence-electron chi connectivity index (χ3n) is 3.65.